The molecule has 0 aliphatic heterocycles. The molecule has 1 rings (SSSR count). The lowest BCUT2D eigenvalue weighted by atomic mass is 10.2. The third-order valence-electron chi connectivity index (χ3n) is 1.41. The molecule has 12 heavy (non-hydrogen) atoms. The lowest BCUT2D eigenvalue weighted by Gasteiger charge is -1.99. The van der Waals surface area contributed by atoms with Crippen molar-refractivity contribution in [3.63, 3.8) is 0 Å². The van der Waals surface area contributed by atoms with E-state index in [4.69, 9.17) is 16.7 Å². The second-order valence-corrected chi connectivity index (χ2v) is 2.72. The number of hydrogen-bond acceptors (Lipinski definition) is 2. The first kappa shape index (κ1) is 8.80. The quantitative estimate of drug-likeness (QED) is 0.690. The minimum Gasteiger partial charge on any atom is -0.477 e. The molecular weight excluding hydrogens is 182 g/mol. The summed E-state index contributed by atoms with van der Waals surface area (Å²) in [5.41, 5.74) is -0.267. The molecule has 64 valence electrons. The zero-order valence-electron chi connectivity index (χ0n) is 6.22. The van der Waals surface area contributed by atoms with Crippen LogP contribution in [0.1, 0.15) is 16.1 Å². The van der Waals surface area contributed by atoms with Gasteiger partial charge in [0.15, 0.2) is 0 Å². The standard InChI is InChI=1S/C7H6ClNO3/c1-3-2-4(8)6(10)9-5(3)7(11)12/h2H,1H3,(H,9,10)(H,11,12). The van der Waals surface area contributed by atoms with Crippen molar-refractivity contribution in [1.29, 1.82) is 0 Å². The molecule has 0 fully saturated rings. The van der Waals surface area contributed by atoms with Gasteiger partial charge in [0.1, 0.15) is 10.7 Å². The van der Waals surface area contributed by atoms with Crippen molar-refractivity contribution in [2.24, 2.45) is 0 Å². The fourth-order valence-corrected chi connectivity index (χ4v) is 1.03. The highest BCUT2D eigenvalue weighted by molar-refractivity contribution is 6.30. The molecule has 0 spiro atoms. The minimum atomic E-state index is -1.17. The van der Waals surface area contributed by atoms with Crippen LogP contribution < -0.4 is 5.56 Å². The van der Waals surface area contributed by atoms with Gasteiger partial charge < -0.3 is 10.1 Å². The summed E-state index contributed by atoms with van der Waals surface area (Å²) in [5, 5.41) is 8.57. The van der Waals surface area contributed by atoms with E-state index in [-0.39, 0.29) is 10.7 Å². The van der Waals surface area contributed by atoms with Crippen molar-refractivity contribution in [2.45, 2.75) is 6.92 Å². The van der Waals surface area contributed by atoms with Crippen molar-refractivity contribution in [3.8, 4) is 0 Å². The van der Waals surface area contributed by atoms with Crippen molar-refractivity contribution in [2.75, 3.05) is 0 Å². The second kappa shape index (κ2) is 2.98. The SMILES string of the molecule is Cc1cc(Cl)c(=O)[nH]c1C(=O)O. The van der Waals surface area contributed by atoms with Crippen molar-refractivity contribution >= 4 is 17.6 Å². The number of H-pyrrole nitrogens is 1. The van der Waals surface area contributed by atoms with Crippen LogP contribution in [0, 0.1) is 6.92 Å². The van der Waals surface area contributed by atoms with E-state index in [9.17, 15) is 9.59 Å². The molecule has 0 saturated heterocycles. The number of pyridine rings is 1. The predicted octanol–water partition coefficient (Wildman–Crippen LogP) is 1.03. The van der Waals surface area contributed by atoms with Crippen LogP contribution in [-0.2, 0) is 0 Å². The zero-order chi connectivity index (χ0) is 9.30. The average molecular weight is 188 g/mol. The van der Waals surface area contributed by atoms with Gasteiger partial charge in [-0.2, -0.15) is 0 Å². The molecule has 0 aliphatic carbocycles. The number of halogens is 1. The maximum Gasteiger partial charge on any atom is 0.352 e. The van der Waals surface area contributed by atoms with Crippen LogP contribution in [0.4, 0.5) is 0 Å². The molecule has 5 heteroatoms. The Labute approximate surface area is 72.8 Å². The van der Waals surface area contributed by atoms with Crippen LogP contribution in [0.5, 0.6) is 0 Å². The van der Waals surface area contributed by atoms with Crippen molar-refractivity contribution < 1.29 is 9.90 Å². The molecule has 0 aliphatic rings. The highest BCUT2D eigenvalue weighted by atomic mass is 35.5. The van der Waals surface area contributed by atoms with E-state index in [0.29, 0.717) is 5.56 Å². The molecule has 0 unspecified atom stereocenters. The Bertz CT molecular complexity index is 383. The van der Waals surface area contributed by atoms with E-state index >= 15 is 0 Å². The first-order valence-electron chi connectivity index (χ1n) is 3.15. The first-order valence-corrected chi connectivity index (χ1v) is 3.53. The summed E-state index contributed by atoms with van der Waals surface area (Å²) >= 11 is 5.45. The van der Waals surface area contributed by atoms with E-state index in [1.54, 1.807) is 6.92 Å². The molecule has 0 bridgehead atoms. The number of carboxylic acids is 1. The van der Waals surface area contributed by atoms with Crippen molar-refractivity contribution in [1.82, 2.24) is 4.98 Å². The number of aromatic amines is 1. The molecule has 1 aromatic heterocycles. The fourth-order valence-electron chi connectivity index (χ4n) is 0.822. The van der Waals surface area contributed by atoms with Gasteiger partial charge in [-0.3, -0.25) is 4.79 Å². The third-order valence-corrected chi connectivity index (χ3v) is 1.69. The predicted molar refractivity (Wildman–Crippen MR) is 43.8 cm³/mol. The summed E-state index contributed by atoms with van der Waals surface area (Å²) in [7, 11) is 0. The van der Waals surface area contributed by atoms with Gasteiger partial charge in [0.25, 0.3) is 5.56 Å². The van der Waals surface area contributed by atoms with Gasteiger partial charge in [0.2, 0.25) is 0 Å². The Kier molecular flexibility index (Phi) is 2.19. The van der Waals surface area contributed by atoms with Crippen LogP contribution in [-0.4, -0.2) is 16.1 Å². The van der Waals surface area contributed by atoms with E-state index in [1.165, 1.54) is 6.07 Å². The first-order chi connectivity index (χ1) is 5.52. The number of carboxylic acid groups (broad SMARTS) is 1. The number of nitrogens with one attached hydrogen (secondary N) is 1. The normalized spacial score (nSPS) is 9.83. The summed E-state index contributed by atoms with van der Waals surface area (Å²) < 4.78 is 0. The van der Waals surface area contributed by atoms with E-state index < -0.39 is 11.5 Å². The molecule has 1 heterocycles. The Morgan fingerprint density at radius 3 is 2.75 bits per heavy atom. The molecule has 1 aromatic rings. The largest absolute Gasteiger partial charge is 0.477 e. The highest BCUT2D eigenvalue weighted by Crippen LogP contribution is 2.07. The summed E-state index contributed by atoms with van der Waals surface area (Å²) in [6, 6.07) is 1.32. The highest BCUT2D eigenvalue weighted by Gasteiger charge is 2.09. The van der Waals surface area contributed by atoms with E-state index in [1.807, 2.05) is 0 Å². The summed E-state index contributed by atoms with van der Waals surface area (Å²) in [6.45, 7) is 1.56. The van der Waals surface area contributed by atoms with Crippen LogP contribution >= 0.6 is 11.6 Å². The van der Waals surface area contributed by atoms with Crippen molar-refractivity contribution in [3.05, 3.63) is 32.7 Å². The van der Waals surface area contributed by atoms with Gasteiger partial charge in [-0.1, -0.05) is 11.6 Å². The molecule has 0 amide bonds. The summed E-state index contributed by atoms with van der Waals surface area (Å²) in [5.74, 6) is -1.17. The Hall–Kier alpha value is -1.29. The van der Waals surface area contributed by atoms with Crippen LogP contribution in [0.25, 0.3) is 0 Å². The second-order valence-electron chi connectivity index (χ2n) is 2.31. The van der Waals surface area contributed by atoms with Gasteiger partial charge in [-0.15, -0.1) is 0 Å². The summed E-state index contributed by atoms with van der Waals surface area (Å²) in [4.78, 5) is 23.5. The van der Waals surface area contributed by atoms with Crippen LogP contribution in [0.2, 0.25) is 5.02 Å². The minimum absolute atomic E-state index is 0.00231. The van der Waals surface area contributed by atoms with E-state index in [2.05, 4.69) is 4.98 Å². The van der Waals surface area contributed by atoms with Crippen LogP contribution in [0.15, 0.2) is 10.9 Å². The molecule has 0 aromatic carbocycles. The molecule has 0 atom stereocenters. The zero-order valence-corrected chi connectivity index (χ0v) is 6.97. The Morgan fingerprint density at radius 1 is 1.67 bits per heavy atom. The van der Waals surface area contributed by atoms with E-state index in [0.717, 1.165) is 0 Å². The third kappa shape index (κ3) is 1.48. The molecule has 0 radical (unpaired) electrons. The Balaban J connectivity index is 3.43. The molecule has 0 saturated carbocycles. The number of aromatic carboxylic acids is 1. The maximum atomic E-state index is 10.8. The Morgan fingerprint density at radius 2 is 2.25 bits per heavy atom. The summed E-state index contributed by atoms with van der Waals surface area (Å²) in [6.07, 6.45) is 0. The van der Waals surface area contributed by atoms with Crippen LogP contribution in [0.3, 0.4) is 0 Å². The smallest absolute Gasteiger partial charge is 0.352 e. The fraction of sp³-hybridized carbons (Fsp3) is 0.143. The number of carbonyl (C=O) groups is 1. The number of aromatic nitrogens is 1. The maximum absolute atomic E-state index is 10.8. The van der Waals surface area contributed by atoms with Gasteiger partial charge >= 0.3 is 5.97 Å². The molecule has 2 N–H and O–H groups in total. The van der Waals surface area contributed by atoms with Gasteiger partial charge in [0.05, 0.1) is 0 Å². The molecular formula is C7H6ClNO3. The van der Waals surface area contributed by atoms with Gasteiger partial charge in [-0.05, 0) is 18.6 Å². The number of rotatable bonds is 1. The lowest BCUT2D eigenvalue weighted by molar-refractivity contribution is 0.0689. The monoisotopic (exact) mass is 187 g/mol. The van der Waals surface area contributed by atoms with Gasteiger partial charge in [-0.25, -0.2) is 4.79 Å². The topological polar surface area (TPSA) is 70.2 Å². The van der Waals surface area contributed by atoms with Gasteiger partial charge in [0, 0.05) is 0 Å². The number of aryl methyl sites for hydroxylation is 1. The molecule has 4 nitrogen and oxygen atoms in total. The lowest BCUT2D eigenvalue weighted by Crippen LogP contribution is -2.14. The average Bonchev–Trinajstić information content (AvgIpc) is 1.96. The number of hydrogen-bond donors (Lipinski definition) is 2.